The lowest BCUT2D eigenvalue weighted by molar-refractivity contribution is -0.247. The molecular weight excluding hydrogens is 654 g/mol. The second kappa shape index (κ2) is 12.8. The zero-order valence-corrected chi connectivity index (χ0v) is 26.1. The number of nitrogens with two attached hydrogens (primary N) is 1. The molecule has 0 radical (unpaired) electrons. The van der Waals surface area contributed by atoms with E-state index in [2.05, 4.69) is 0 Å². The first-order chi connectivity index (χ1) is 22.2. The van der Waals surface area contributed by atoms with E-state index in [4.69, 9.17) is 19.9 Å². The van der Waals surface area contributed by atoms with Crippen molar-refractivity contribution in [2.45, 2.75) is 62.4 Å². The number of aliphatic hydroxyl groups is 2. The number of rotatable bonds is 6. The number of phenols is 4. The lowest BCUT2D eigenvalue weighted by Crippen LogP contribution is -2.53. The molecular formula is C33H32ClNO13. The first-order valence-electron chi connectivity index (χ1n) is 14.7. The summed E-state index contributed by atoms with van der Waals surface area (Å²) in [4.78, 5) is 53.3. The van der Waals surface area contributed by atoms with Crippen LogP contribution in [-0.2, 0) is 25.4 Å². The van der Waals surface area contributed by atoms with E-state index >= 15 is 0 Å². The highest BCUT2D eigenvalue weighted by Gasteiger charge is 2.50. The zero-order valence-electron chi connectivity index (χ0n) is 25.3. The summed E-state index contributed by atoms with van der Waals surface area (Å²) in [6.07, 6.45) is -5.83. The molecule has 15 heteroatoms. The van der Waals surface area contributed by atoms with E-state index in [9.17, 15) is 49.8 Å². The molecule has 2 aliphatic carbocycles. The minimum Gasteiger partial charge on any atom is -0.507 e. The molecule has 0 aromatic heterocycles. The normalized spacial score (nSPS) is 26.0. The number of aromatic hydroxyl groups is 4. The molecule has 6 rings (SSSR count). The number of hydrogen-bond donors (Lipinski definition) is 7. The van der Waals surface area contributed by atoms with Crippen LogP contribution in [-0.4, -0.2) is 90.7 Å². The van der Waals surface area contributed by atoms with Gasteiger partial charge in [-0.1, -0.05) is 24.3 Å². The van der Waals surface area contributed by atoms with Crippen LogP contribution in [0.3, 0.4) is 0 Å². The summed E-state index contributed by atoms with van der Waals surface area (Å²) in [7, 11) is 0. The average Bonchev–Trinajstić information content (AvgIpc) is 3.02. The molecule has 8 N–H and O–H groups in total. The van der Waals surface area contributed by atoms with Gasteiger partial charge in [0.1, 0.15) is 34.2 Å². The van der Waals surface area contributed by atoms with E-state index < -0.39 is 113 Å². The van der Waals surface area contributed by atoms with Crippen molar-refractivity contribution >= 4 is 35.7 Å². The summed E-state index contributed by atoms with van der Waals surface area (Å²) in [6, 6.07) is 8.43. The van der Waals surface area contributed by atoms with Gasteiger partial charge in [0.25, 0.3) is 0 Å². The van der Waals surface area contributed by atoms with E-state index in [1.165, 1.54) is 42.5 Å². The summed E-state index contributed by atoms with van der Waals surface area (Å²) in [5.41, 5.74) is 1.07. The molecule has 0 amide bonds. The molecule has 48 heavy (non-hydrogen) atoms. The van der Waals surface area contributed by atoms with Crippen LogP contribution in [0.4, 0.5) is 0 Å². The van der Waals surface area contributed by atoms with Gasteiger partial charge in [-0.3, -0.25) is 14.4 Å². The fourth-order valence-corrected chi connectivity index (χ4v) is 6.44. The number of hydrogen-bond acceptors (Lipinski definition) is 14. The van der Waals surface area contributed by atoms with Crippen LogP contribution in [0.2, 0.25) is 0 Å². The Hall–Kier alpha value is -4.57. The van der Waals surface area contributed by atoms with Crippen molar-refractivity contribution in [2.75, 3.05) is 6.61 Å². The molecule has 254 valence electrons. The quantitative estimate of drug-likeness (QED) is 0.113. The van der Waals surface area contributed by atoms with Crippen molar-refractivity contribution in [3.05, 3.63) is 81.4 Å². The predicted molar refractivity (Wildman–Crippen MR) is 165 cm³/mol. The Morgan fingerprint density at radius 1 is 0.958 bits per heavy atom. The largest absolute Gasteiger partial charge is 0.507 e. The molecule has 4 unspecified atom stereocenters. The number of halogens is 1. The van der Waals surface area contributed by atoms with Crippen molar-refractivity contribution < 1.29 is 64.0 Å². The van der Waals surface area contributed by atoms with Gasteiger partial charge >= 0.3 is 5.97 Å². The van der Waals surface area contributed by atoms with Gasteiger partial charge in [-0.2, -0.15) is 0 Å². The van der Waals surface area contributed by atoms with E-state index in [0.29, 0.717) is 0 Å². The summed E-state index contributed by atoms with van der Waals surface area (Å²) in [5, 5.41) is 65.5. The molecule has 14 nitrogen and oxygen atoms in total. The van der Waals surface area contributed by atoms with Crippen molar-refractivity contribution in [1.82, 2.24) is 0 Å². The number of ketones is 3. The van der Waals surface area contributed by atoms with Crippen LogP contribution in [0.5, 0.6) is 23.0 Å². The molecule has 0 bridgehead atoms. The number of aliphatic hydroxyl groups excluding tert-OH is 1. The second-order valence-electron chi connectivity index (χ2n) is 11.9. The third-order valence-electron chi connectivity index (χ3n) is 8.92. The molecule has 1 heterocycles. The summed E-state index contributed by atoms with van der Waals surface area (Å²) >= 11 is 0. The van der Waals surface area contributed by atoms with Gasteiger partial charge < -0.3 is 50.6 Å². The summed E-state index contributed by atoms with van der Waals surface area (Å²) in [6.45, 7) is 0.572. The zero-order chi connectivity index (χ0) is 33.9. The highest BCUT2D eigenvalue weighted by atomic mass is 35.5. The number of carbonyl (C=O) groups is 4. The number of benzene rings is 3. The van der Waals surface area contributed by atoms with Crippen LogP contribution < -0.4 is 5.73 Å². The molecule has 1 aliphatic heterocycles. The Bertz CT molecular complexity index is 1830. The number of esters is 1. The Kier molecular flexibility index (Phi) is 9.27. The number of para-hydroxylation sites is 1. The van der Waals surface area contributed by atoms with Gasteiger partial charge in [-0.05, 0) is 25.1 Å². The Morgan fingerprint density at radius 3 is 2.31 bits per heavy atom. The second-order valence-corrected chi connectivity index (χ2v) is 11.9. The molecule has 0 saturated carbocycles. The van der Waals surface area contributed by atoms with E-state index in [1.54, 1.807) is 6.92 Å². The SMILES string of the molecule is CC1OC(O[C@H]2C[C@](O)(C(=O)COC(=O)c3ccccc3O)Cc3c(O)c4c(c(O)c32)C(=O)c2c(O)cccc2C4=O)CC(N)C1O.Cl. The Balaban J connectivity index is 0.00000451. The Labute approximate surface area is 278 Å². The molecule has 6 atom stereocenters. The van der Waals surface area contributed by atoms with Crippen LogP contribution in [0.15, 0.2) is 42.5 Å². The highest BCUT2D eigenvalue weighted by molar-refractivity contribution is 6.31. The van der Waals surface area contributed by atoms with Gasteiger partial charge in [0.2, 0.25) is 11.6 Å². The maximum Gasteiger partial charge on any atom is 0.342 e. The third-order valence-corrected chi connectivity index (χ3v) is 8.92. The molecule has 3 aliphatic rings. The molecule has 1 saturated heterocycles. The predicted octanol–water partition coefficient (Wildman–Crippen LogP) is 1.69. The van der Waals surface area contributed by atoms with Crippen LogP contribution in [0.1, 0.15) is 79.2 Å². The number of fused-ring (bicyclic) bond motifs is 3. The lowest BCUT2D eigenvalue weighted by atomic mass is 9.72. The maximum atomic E-state index is 13.6. The number of phenolic OH excluding ortho intramolecular Hbond substituents is 4. The van der Waals surface area contributed by atoms with Gasteiger partial charge in [-0.25, -0.2) is 4.79 Å². The van der Waals surface area contributed by atoms with Gasteiger partial charge in [-0.15, -0.1) is 12.4 Å². The van der Waals surface area contributed by atoms with Crippen LogP contribution in [0.25, 0.3) is 0 Å². The molecule has 3 aromatic rings. The highest BCUT2D eigenvalue weighted by Crippen LogP contribution is 2.52. The lowest BCUT2D eigenvalue weighted by Gasteiger charge is -2.42. The Morgan fingerprint density at radius 2 is 1.62 bits per heavy atom. The van der Waals surface area contributed by atoms with Gasteiger partial charge in [0.05, 0.1) is 35.0 Å². The minimum absolute atomic E-state index is 0. The monoisotopic (exact) mass is 685 g/mol. The number of Topliss-reactive ketones (excluding diaryl/α,β-unsaturated/α-hetero) is 1. The van der Waals surface area contributed by atoms with Gasteiger partial charge in [0, 0.05) is 42.0 Å². The van der Waals surface area contributed by atoms with Crippen LogP contribution >= 0.6 is 12.4 Å². The summed E-state index contributed by atoms with van der Waals surface area (Å²) < 4.78 is 16.9. The standard InChI is InChI=1S/C33H31NO13.ClH/c1-13-27(38)17(34)9-22(46-13)47-20-11-33(44,21(37)12-45-32(43)14-5-2-3-7-18(14)35)10-16-24(20)31(42)26-25(29(16)40)28(39)15-6-4-8-19(36)23(15)30(26)41;/h2-8,13,17,20,22,27,35-36,38,40,42,44H,9-12,34H2,1H3;1H/t13?,17?,20-,22?,27?,33-;/m0./s1. The first kappa shape index (κ1) is 34.8. The van der Waals surface area contributed by atoms with E-state index in [0.717, 1.165) is 0 Å². The van der Waals surface area contributed by atoms with Crippen molar-refractivity contribution in [2.24, 2.45) is 5.73 Å². The van der Waals surface area contributed by atoms with Crippen molar-refractivity contribution in [3.8, 4) is 23.0 Å². The average molecular weight is 686 g/mol. The molecule has 3 aromatic carbocycles. The first-order valence-corrected chi connectivity index (χ1v) is 14.7. The fraction of sp³-hybridized carbons (Fsp3) is 0.333. The molecule has 0 spiro atoms. The van der Waals surface area contributed by atoms with E-state index in [1.807, 2.05) is 0 Å². The minimum atomic E-state index is -2.42. The maximum absolute atomic E-state index is 13.6. The number of carbonyl (C=O) groups excluding carboxylic acids is 4. The molecule has 1 fully saturated rings. The van der Waals surface area contributed by atoms with Gasteiger partial charge in [0.15, 0.2) is 18.7 Å². The third kappa shape index (κ3) is 5.66. The summed E-state index contributed by atoms with van der Waals surface area (Å²) in [5.74, 6) is -6.46. The van der Waals surface area contributed by atoms with E-state index in [-0.39, 0.29) is 46.6 Å². The van der Waals surface area contributed by atoms with Crippen LogP contribution in [0, 0.1) is 0 Å². The van der Waals surface area contributed by atoms with Crippen molar-refractivity contribution in [3.63, 3.8) is 0 Å². The fourth-order valence-electron chi connectivity index (χ4n) is 6.44. The van der Waals surface area contributed by atoms with Crippen molar-refractivity contribution in [1.29, 1.82) is 0 Å². The topological polar surface area (TPSA) is 243 Å². The number of ether oxygens (including phenoxy) is 3. The smallest absolute Gasteiger partial charge is 0.342 e.